The number of carbonyl (C=O) groups excluding carboxylic acids is 1. The quantitative estimate of drug-likeness (QED) is 0.794. The van der Waals surface area contributed by atoms with Crippen LogP contribution in [0, 0.1) is 5.92 Å². The van der Waals surface area contributed by atoms with Crippen LogP contribution in [0.3, 0.4) is 0 Å². The average molecular weight is 312 g/mol. The molecule has 0 aliphatic heterocycles. The molecule has 0 heterocycles. The fourth-order valence-electron chi connectivity index (χ4n) is 1.88. The first-order valence-electron chi connectivity index (χ1n) is 6.71. The van der Waals surface area contributed by atoms with Crippen LogP contribution in [-0.4, -0.2) is 12.5 Å². The van der Waals surface area contributed by atoms with Gasteiger partial charge in [-0.15, -0.1) is 0 Å². The van der Waals surface area contributed by atoms with E-state index in [1.54, 1.807) is 0 Å². The highest BCUT2D eigenvalue weighted by molar-refractivity contribution is 9.10. The maximum atomic E-state index is 11.9. The van der Waals surface area contributed by atoms with Crippen molar-refractivity contribution in [2.75, 3.05) is 6.54 Å². The van der Waals surface area contributed by atoms with Gasteiger partial charge in [-0.3, -0.25) is 4.79 Å². The molecule has 1 amide bonds. The number of rotatable bonds is 7. The normalized spacial score (nSPS) is 12.2. The Morgan fingerprint density at radius 3 is 2.50 bits per heavy atom. The van der Waals surface area contributed by atoms with Gasteiger partial charge in [-0.2, -0.15) is 0 Å². The van der Waals surface area contributed by atoms with Crippen molar-refractivity contribution in [1.29, 1.82) is 0 Å². The smallest absolute Gasteiger partial charge is 0.251 e. The van der Waals surface area contributed by atoms with Gasteiger partial charge in [0.25, 0.3) is 5.91 Å². The SMILES string of the molecule is CCCC[C@H](CC)CNC(=O)c1ccc(Br)cc1. The Balaban J connectivity index is 2.42. The highest BCUT2D eigenvalue weighted by Crippen LogP contribution is 2.13. The first-order valence-corrected chi connectivity index (χ1v) is 7.50. The highest BCUT2D eigenvalue weighted by Gasteiger charge is 2.09. The van der Waals surface area contributed by atoms with Crippen molar-refractivity contribution in [3.8, 4) is 0 Å². The van der Waals surface area contributed by atoms with Crippen LogP contribution in [0.25, 0.3) is 0 Å². The van der Waals surface area contributed by atoms with E-state index in [0.29, 0.717) is 5.92 Å². The Kier molecular flexibility index (Phi) is 7.02. The Labute approximate surface area is 118 Å². The van der Waals surface area contributed by atoms with Gasteiger partial charge in [-0.05, 0) is 36.6 Å². The summed E-state index contributed by atoms with van der Waals surface area (Å²) < 4.78 is 0.994. The number of benzene rings is 1. The van der Waals surface area contributed by atoms with E-state index in [1.807, 2.05) is 24.3 Å². The van der Waals surface area contributed by atoms with Gasteiger partial charge in [0.1, 0.15) is 0 Å². The highest BCUT2D eigenvalue weighted by atomic mass is 79.9. The average Bonchev–Trinajstić information content (AvgIpc) is 2.39. The Hall–Kier alpha value is -0.830. The van der Waals surface area contributed by atoms with E-state index in [-0.39, 0.29) is 5.91 Å². The minimum atomic E-state index is 0.0254. The van der Waals surface area contributed by atoms with Crippen LogP contribution in [0.1, 0.15) is 49.9 Å². The van der Waals surface area contributed by atoms with E-state index >= 15 is 0 Å². The van der Waals surface area contributed by atoms with Crippen LogP contribution in [0.4, 0.5) is 0 Å². The van der Waals surface area contributed by atoms with Gasteiger partial charge in [-0.1, -0.05) is 49.0 Å². The maximum Gasteiger partial charge on any atom is 0.251 e. The summed E-state index contributed by atoms with van der Waals surface area (Å²) in [5.74, 6) is 0.627. The number of hydrogen-bond acceptors (Lipinski definition) is 1. The van der Waals surface area contributed by atoms with Crippen molar-refractivity contribution in [1.82, 2.24) is 5.32 Å². The van der Waals surface area contributed by atoms with Crippen LogP contribution >= 0.6 is 15.9 Å². The summed E-state index contributed by atoms with van der Waals surface area (Å²) in [6, 6.07) is 7.46. The van der Waals surface area contributed by atoms with Crippen molar-refractivity contribution in [3.63, 3.8) is 0 Å². The molecule has 1 rings (SSSR count). The van der Waals surface area contributed by atoms with Crippen molar-refractivity contribution in [3.05, 3.63) is 34.3 Å². The molecule has 0 aromatic heterocycles. The summed E-state index contributed by atoms with van der Waals surface area (Å²) in [5, 5.41) is 3.02. The summed E-state index contributed by atoms with van der Waals surface area (Å²) in [7, 11) is 0. The van der Waals surface area contributed by atoms with E-state index in [9.17, 15) is 4.79 Å². The summed E-state index contributed by atoms with van der Waals surface area (Å²) in [6.07, 6.45) is 4.79. The Bertz CT molecular complexity index is 361. The lowest BCUT2D eigenvalue weighted by Crippen LogP contribution is -2.29. The summed E-state index contributed by atoms with van der Waals surface area (Å²) in [4.78, 5) is 11.9. The molecule has 2 nitrogen and oxygen atoms in total. The molecule has 1 aromatic rings. The largest absolute Gasteiger partial charge is 0.352 e. The van der Waals surface area contributed by atoms with E-state index in [4.69, 9.17) is 0 Å². The first-order chi connectivity index (χ1) is 8.67. The van der Waals surface area contributed by atoms with Crippen LogP contribution in [0.2, 0.25) is 0 Å². The van der Waals surface area contributed by atoms with Crippen LogP contribution in [0.5, 0.6) is 0 Å². The predicted octanol–water partition coefficient (Wildman–Crippen LogP) is 4.40. The second kappa shape index (κ2) is 8.30. The lowest BCUT2D eigenvalue weighted by molar-refractivity contribution is 0.0946. The van der Waals surface area contributed by atoms with Gasteiger partial charge in [0.05, 0.1) is 0 Å². The number of carbonyl (C=O) groups is 1. The van der Waals surface area contributed by atoms with Gasteiger partial charge in [0.15, 0.2) is 0 Å². The van der Waals surface area contributed by atoms with E-state index in [0.717, 1.165) is 23.0 Å². The standard InChI is InChI=1S/C15H22BrNO/c1-3-5-6-12(4-2)11-17-15(18)13-7-9-14(16)10-8-13/h7-10,12H,3-6,11H2,1-2H3,(H,17,18)/t12-/m0/s1. The number of halogens is 1. The van der Waals surface area contributed by atoms with Gasteiger partial charge in [0, 0.05) is 16.6 Å². The van der Waals surface area contributed by atoms with Crippen LogP contribution < -0.4 is 5.32 Å². The first kappa shape index (κ1) is 15.2. The molecule has 0 saturated carbocycles. The van der Waals surface area contributed by atoms with E-state index in [2.05, 4.69) is 35.1 Å². The lowest BCUT2D eigenvalue weighted by Gasteiger charge is -2.15. The molecule has 0 saturated heterocycles. The molecule has 3 heteroatoms. The van der Waals surface area contributed by atoms with Gasteiger partial charge < -0.3 is 5.32 Å². The number of nitrogens with one attached hydrogen (secondary N) is 1. The molecular formula is C15H22BrNO. The third-order valence-corrected chi connectivity index (χ3v) is 3.73. The maximum absolute atomic E-state index is 11.9. The van der Waals surface area contributed by atoms with E-state index < -0.39 is 0 Å². The zero-order valence-corrected chi connectivity index (χ0v) is 12.8. The molecule has 0 bridgehead atoms. The van der Waals surface area contributed by atoms with Crippen molar-refractivity contribution < 1.29 is 4.79 Å². The van der Waals surface area contributed by atoms with Crippen molar-refractivity contribution in [2.24, 2.45) is 5.92 Å². The zero-order chi connectivity index (χ0) is 13.4. The number of amides is 1. The monoisotopic (exact) mass is 311 g/mol. The molecule has 0 spiro atoms. The summed E-state index contributed by atoms with van der Waals surface area (Å²) >= 11 is 3.36. The minimum absolute atomic E-state index is 0.0254. The molecule has 100 valence electrons. The predicted molar refractivity (Wildman–Crippen MR) is 79.8 cm³/mol. The van der Waals surface area contributed by atoms with Crippen molar-refractivity contribution >= 4 is 21.8 Å². The molecule has 0 radical (unpaired) electrons. The molecule has 18 heavy (non-hydrogen) atoms. The Morgan fingerprint density at radius 1 is 1.28 bits per heavy atom. The zero-order valence-electron chi connectivity index (χ0n) is 11.2. The molecule has 0 aliphatic carbocycles. The van der Waals surface area contributed by atoms with Gasteiger partial charge in [-0.25, -0.2) is 0 Å². The van der Waals surface area contributed by atoms with E-state index in [1.165, 1.54) is 19.3 Å². The number of hydrogen-bond donors (Lipinski definition) is 1. The summed E-state index contributed by atoms with van der Waals surface area (Å²) in [5.41, 5.74) is 0.726. The fourth-order valence-corrected chi connectivity index (χ4v) is 2.15. The van der Waals surface area contributed by atoms with Gasteiger partial charge >= 0.3 is 0 Å². The fraction of sp³-hybridized carbons (Fsp3) is 0.533. The topological polar surface area (TPSA) is 29.1 Å². The molecule has 1 N–H and O–H groups in total. The molecule has 1 atom stereocenters. The third kappa shape index (κ3) is 5.21. The second-order valence-electron chi connectivity index (χ2n) is 4.63. The summed E-state index contributed by atoms with van der Waals surface area (Å²) in [6.45, 7) is 5.17. The third-order valence-electron chi connectivity index (χ3n) is 3.20. The van der Waals surface area contributed by atoms with Gasteiger partial charge in [0.2, 0.25) is 0 Å². The minimum Gasteiger partial charge on any atom is -0.352 e. The van der Waals surface area contributed by atoms with Crippen molar-refractivity contribution in [2.45, 2.75) is 39.5 Å². The molecule has 1 aromatic carbocycles. The van der Waals surface area contributed by atoms with Crippen LogP contribution in [-0.2, 0) is 0 Å². The lowest BCUT2D eigenvalue weighted by atomic mass is 9.99. The molecule has 0 unspecified atom stereocenters. The molecular weight excluding hydrogens is 290 g/mol. The molecule has 0 aliphatic rings. The second-order valence-corrected chi connectivity index (χ2v) is 5.55. The molecule has 0 fully saturated rings. The number of unbranched alkanes of at least 4 members (excludes halogenated alkanes) is 1. The Morgan fingerprint density at radius 2 is 1.94 bits per heavy atom. The van der Waals surface area contributed by atoms with Crippen LogP contribution in [0.15, 0.2) is 28.7 Å².